The summed E-state index contributed by atoms with van der Waals surface area (Å²) in [4.78, 5) is 12.9. The Balaban J connectivity index is 2.78. The van der Waals surface area contributed by atoms with Gasteiger partial charge in [0.1, 0.15) is 0 Å². The van der Waals surface area contributed by atoms with Crippen molar-refractivity contribution >= 4 is 23.5 Å². The molecular weight excluding hydrogens is 315 g/mol. The van der Waals surface area contributed by atoms with Gasteiger partial charge in [-0.3, -0.25) is 4.79 Å². The van der Waals surface area contributed by atoms with Crippen LogP contribution in [0.15, 0.2) is 72.8 Å². The van der Waals surface area contributed by atoms with Crippen LogP contribution in [-0.4, -0.2) is 11.4 Å². The van der Waals surface area contributed by atoms with Gasteiger partial charge in [-0.2, -0.15) is 0 Å². The molecule has 2 nitrogen and oxygen atoms in total. The standard InChI is InChI=1S/C21H25O2P/c1-5-12-19(22)20(21(2,3)4)24(23,17-13-8-6-9-14-17)18-15-10-7-11-16-18/h5-16,20H,1-4H3/b12-5+. The molecule has 0 fully saturated rings. The van der Waals surface area contributed by atoms with Crippen molar-refractivity contribution in [2.75, 3.05) is 0 Å². The van der Waals surface area contributed by atoms with Crippen molar-refractivity contribution in [1.29, 1.82) is 0 Å². The van der Waals surface area contributed by atoms with Crippen LogP contribution in [0.3, 0.4) is 0 Å². The third kappa shape index (κ3) is 3.60. The Morgan fingerprint density at radius 3 is 1.67 bits per heavy atom. The van der Waals surface area contributed by atoms with E-state index < -0.39 is 18.2 Å². The molecule has 0 saturated heterocycles. The van der Waals surface area contributed by atoms with Crippen molar-refractivity contribution < 1.29 is 9.36 Å². The summed E-state index contributed by atoms with van der Waals surface area (Å²) in [5.74, 6) is -0.0824. The van der Waals surface area contributed by atoms with E-state index in [-0.39, 0.29) is 5.78 Å². The van der Waals surface area contributed by atoms with Crippen molar-refractivity contribution in [2.45, 2.75) is 33.4 Å². The number of hydrogen-bond acceptors (Lipinski definition) is 2. The summed E-state index contributed by atoms with van der Waals surface area (Å²) < 4.78 is 14.4. The second kappa shape index (κ2) is 7.32. The van der Waals surface area contributed by atoms with Gasteiger partial charge in [0.25, 0.3) is 0 Å². The van der Waals surface area contributed by atoms with Gasteiger partial charge in [-0.05, 0) is 18.4 Å². The molecule has 1 unspecified atom stereocenters. The maximum atomic E-state index is 14.4. The van der Waals surface area contributed by atoms with Crippen LogP contribution in [0.4, 0.5) is 0 Å². The lowest BCUT2D eigenvalue weighted by molar-refractivity contribution is -0.115. The number of carbonyl (C=O) groups is 1. The van der Waals surface area contributed by atoms with Gasteiger partial charge in [-0.25, -0.2) is 0 Å². The molecule has 2 aromatic rings. The Morgan fingerprint density at radius 1 is 0.917 bits per heavy atom. The summed E-state index contributed by atoms with van der Waals surface area (Å²) >= 11 is 0. The van der Waals surface area contributed by atoms with Crippen molar-refractivity contribution in [2.24, 2.45) is 5.41 Å². The molecule has 0 bridgehead atoms. The number of ketones is 1. The number of benzene rings is 2. The first-order valence-corrected chi connectivity index (χ1v) is 9.97. The van der Waals surface area contributed by atoms with Gasteiger partial charge in [0.2, 0.25) is 0 Å². The Kier molecular flexibility index (Phi) is 5.62. The lowest BCUT2D eigenvalue weighted by Gasteiger charge is -2.36. The smallest absolute Gasteiger partial charge is 0.166 e. The van der Waals surface area contributed by atoms with E-state index in [1.54, 1.807) is 12.2 Å². The van der Waals surface area contributed by atoms with Crippen LogP contribution in [0.1, 0.15) is 27.7 Å². The SMILES string of the molecule is C/C=C/C(=O)C(C(C)(C)C)P(=O)(c1ccccc1)c1ccccc1. The molecule has 0 aliphatic carbocycles. The molecule has 0 spiro atoms. The van der Waals surface area contributed by atoms with Gasteiger partial charge in [0.15, 0.2) is 12.9 Å². The molecule has 0 aliphatic heterocycles. The van der Waals surface area contributed by atoms with Crippen LogP contribution in [0, 0.1) is 5.41 Å². The average molecular weight is 340 g/mol. The van der Waals surface area contributed by atoms with Gasteiger partial charge >= 0.3 is 0 Å². The third-order valence-corrected chi connectivity index (χ3v) is 7.95. The largest absolute Gasteiger partial charge is 0.313 e. The molecule has 2 aromatic carbocycles. The number of hydrogen-bond donors (Lipinski definition) is 0. The van der Waals surface area contributed by atoms with Gasteiger partial charge in [0, 0.05) is 10.6 Å². The van der Waals surface area contributed by atoms with E-state index in [2.05, 4.69) is 0 Å². The summed E-state index contributed by atoms with van der Waals surface area (Å²) in [6.45, 7) is 7.76. The topological polar surface area (TPSA) is 34.1 Å². The fraction of sp³-hybridized carbons (Fsp3) is 0.286. The predicted octanol–water partition coefficient (Wildman–Crippen LogP) is 4.56. The number of allylic oxidation sites excluding steroid dienone is 2. The zero-order valence-electron chi connectivity index (χ0n) is 14.8. The van der Waals surface area contributed by atoms with Gasteiger partial charge in [-0.15, -0.1) is 0 Å². The monoisotopic (exact) mass is 340 g/mol. The summed E-state index contributed by atoms with van der Waals surface area (Å²) in [7, 11) is -3.14. The van der Waals surface area contributed by atoms with Crippen LogP contribution in [-0.2, 0) is 9.36 Å². The Morgan fingerprint density at radius 2 is 1.33 bits per heavy atom. The molecule has 24 heavy (non-hydrogen) atoms. The number of rotatable bonds is 5. The zero-order valence-corrected chi connectivity index (χ0v) is 15.7. The normalized spacial score (nSPS) is 13.8. The predicted molar refractivity (Wildman–Crippen MR) is 103 cm³/mol. The highest BCUT2D eigenvalue weighted by molar-refractivity contribution is 7.80. The van der Waals surface area contributed by atoms with Crippen molar-refractivity contribution in [3.63, 3.8) is 0 Å². The van der Waals surface area contributed by atoms with Gasteiger partial charge in [-0.1, -0.05) is 87.5 Å². The highest BCUT2D eigenvalue weighted by atomic mass is 31.2. The second-order valence-corrected chi connectivity index (χ2v) is 9.87. The highest BCUT2D eigenvalue weighted by Crippen LogP contribution is 2.55. The summed E-state index contributed by atoms with van der Waals surface area (Å²) in [6.07, 6.45) is 3.27. The maximum Gasteiger partial charge on any atom is 0.166 e. The minimum Gasteiger partial charge on any atom is -0.313 e. The van der Waals surface area contributed by atoms with E-state index in [4.69, 9.17) is 0 Å². The van der Waals surface area contributed by atoms with Crippen molar-refractivity contribution in [1.82, 2.24) is 0 Å². The van der Waals surface area contributed by atoms with Crippen molar-refractivity contribution in [3.05, 3.63) is 72.8 Å². The molecule has 126 valence electrons. The molecule has 3 heteroatoms. The minimum atomic E-state index is -3.14. The minimum absolute atomic E-state index is 0.0824. The molecule has 0 aliphatic rings. The lowest BCUT2D eigenvalue weighted by atomic mass is 9.89. The average Bonchev–Trinajstić information content (AvgIpc) is 2.55. The van der Waals surface area contributed by atoms with Crippen LogP contribution in [0.5, 0.6) is 0 Å². The van der Waals surface area contributed by atoms with Crippen LogP contribution in [0.25, 0.3) is 0 Å². The fourth-order valence-corrected chi connectivity index (χ4v) is 6.81. The Hall–Kier alpha value is -1.92. The molecule has 0 heterocycles. The van der Waals surface area contributed by atoms with E-state index in [9.17, 15) is 9.36 Å². The molecule has 0 saturated carbocycles. The summed E-state index contributed by atoms with van der Waals surface area (Å²) in [5.41, 5.74) is -1.04. The Bertz CT molecular complexity index is 712. The maximum absolute atomic E-state index is 14.4. The molecule has 1 atom stereocenters. The van der Waals surface area contributed by atoms with E-state index in [0.717, 1.165) is 10.6 Å². The van der Waals surface area contributed by atoms with E-state index in [0.29, 0.717) is 0 Å². The van der Waals surface area contributed by atoms with Crippen LogP contribution >= 0.6 is 7.14 Å². The molecular formula is C21H25O2P. The van der Waals surface area contributed by atoms with E-state index >= 15 is 0 Å². The molecule has 2 rings (SSSR count). The van der Waals surface area contributed by atoms with Gasteiger partial charge in [0.05, 0.1) is 5.66 Å². The van der Waals surface area contributed by atoms with Crippen LogP contribution in [0.2, 0.25) is 0 Å². The first-order valence-electron chi connectivity index (χ1n) is 8.19. The Labute approximate surface area is 145 Å². The fourth-order valence-electron chi connectivity index (χ4n) is 3.15. The summed E-state index contributed by atoms with van der Waals surface area (Å²) in [6, 6.07) is 18.8. The summed E-state index contributed by atoms with van der Waals surface area (Å²) in [5, 5.41) is 1.46. The molecule has 0 N–H and O–H groups in total. The zero-order chi connectivity index (χ0) is 17.8. The lowest BCUT2D eigenvalue weighted by Crippen LogP contribution is -2.40. The van der Waals surface area contributed by atoms with E-state index in [1.807, 2.05) is 88.4 Å². The van der Waals surface area contributed by atoms with Crippen LogP contribution < -0.4 is 10.6 Å². The molecule has 0 amide bonds. The van der Waals surface area contributed by atoms with Crippen molar-refractivity contribution in [3.8, 4) is 0 Å². The molecule has 0 aromatic heterocycles. The first-order chi connectivity index (χ1) is 11.3. The third-order valence-electron chi connectivity index (χ3n) is 4.06. The second-order valence-electron chi connectivity index (χ2n) is 7.00. The quantitative estimate of drug-likeness (QED) is 0.591. The van der Waals surface area contributed by atoms with E-state index in [1.165, 1.54) is 0 Å². The highest BCUT2D eigenvalue weighted by Gasteiger charge is 2.46. The van der Waals surface area contributed by atoms with Gasteiger partial charge < -0.3 is 4.57 Å². The number of carbonyl (C=O) groups excluding carboxylic acids is 1. The molecule has 0 radical (unpaired) electrons. The first kappa shape index (κ1) is 18.4.